The van der Waals surface area contributed by atoms with Crippen LogP contribution in [0.5, 0.6) is 0 Å². The lowest BCUT2D eigenvalue weighted by Gasteiger charge is -2.36. The number of hydrogen-bond donors (Lipinski definition) is 4. The smallest absolute Gasteiger partial charge is 0.363 e. The van der Waals surface area contributed by atoms with Gasteiger partial charge in [-0.2, -0.15) is 0 Å². The molecule has 186 valence electrons. The zero-order valence-electron chi connectivity index (χ0n) is 20.9. The third kappa shape index (κ3) is 7.27. The lowest BCUT2D eigenvalue weighted by atomic mass is 9.86. The van der Waals surface area contributed by atoms with E-state index in [1.165, 1.54) is 5.56 Å². The third-order valence-electron chi connectivity index (χ3n) is 5.95. The van der Waals surface area contributed by atoms with Crippen molar-refractivity contribution in [3.8, 4) is 0 Å². The Morgan fingerprint density at radius 3 is 2.50 bits per heavy atom. The number of aliphatic hydroxyl groups excluding tert-OH is 2. The van der Waals surface area contributed by atoms with E-state index in [2.05, 4.69) is 43.5 Å². The van der Waals surface area contributed by atoms with Crippen LogP contribution in [0.2, 0.25) is 0 Å². The van der Waals surface area contributed by atoms with Gasteiger partial charge in [0, 0.05) is 18.6 Å². The first kappa shape index (κ1) is 26.2. The van der Waals surface area contributed by atoms with Crippen molar-refractivity contribution in [3.05, 3.63) is 65.2 Å². The highest BCUT2D eigenvalue weighted by atomic mass is 16.7. The summed E-state index contributed by atoms with van der Waals surface area (Å²) in [4.78, 5) is 18.5. The van der Waals surface area contributed by atoms with E-state index in [0.29, 0.717) is 18.7 Å². The molecule has 0 saturated heterocycles. The number of hydrogen-bond acceptors (Lipinski definition) is 7. The highest BCUT2D eigenvalue weighted by Crippen LogP contribution is 2.36. The maximum absolute atomic E-state index is 12.7. The molecule has 0 aromatic heterocycles. The van der Waals surface area contributed by atoms with Crippen molar-refractivity contribution in [2.75, 3.05) is 18.2 Å². The number of aliphatic hydroxyl groups is 2. The van der Waals surface area contributed by atoms with Crippen LogP contribution in [-0.2, 0) is 11.3 Å². The van der Waals surface area contributed by atoms with Crippen LogP contribution in [0.15, 0.2) is 48.5 Å². The van der Waals surface area contributed by atoms with Gasteiger partial charge in [0.05, 0.1) is 23.9 Å². The van der Waals surface area contributed by atoms with Gasteiger partial charge < -0.3 is 20.4 Å². The first-order valence-corrected chi connectivity index (χ1v) is 12.1. The molecular weight excluding hydrogens is 430 g/mol. The minimum absolute atomic E-state index is 0.00926. The van der Waals surface area contributed by atoms with E-state index in [1.54, 1.807) is 24.1 Å². The molecule has 4 N–H and O–H groups in total. The Labute approximate surface area is 203 Å². The van der Waals surface area contributed by atoms with Crippen molar-refractivity contribution in [2.24, 2.45) is 5.41 Å². The zero-order valence-corrected chi connectivity index (χ0v) is 20.9. The lowest BCUT2D eigenvalue weighted by molar-refractivity contribution is 0.0433. The Kier molecular flexibility index (Phi) is 8.71. The number of rotatable bonds is 9. The second-order valence-corrected chi connectivity index (χ2v) is 10.4. The molecule has 2 aromatic carbocycles. The molecule has 1 heterocycles. The van der Waals surface area contributed by atoms with E-state index in [0.717, 1.165) is 24.1 Å². The van der Waals surface area contributed by atoms with Crippen LogP contribution in [0.1, 0.15) is 68.6 Å². The Morgan fingerprint density at radius 2 is 1.85 bits per heavy atom. The summed E-state index contributed by atoms with van der Waals surface area (Å²) < 4.78 is 0. The molecule has 2 aromatic rings. The molecule has 2 unspecified atom stereocenters. The van der Waals surface area contributed by atoms with Crippen molar-refractivity contribution >= 4 is 11.7 Å². The summed E-state index contributed by atoms with van der Waals surface area (Å²) in [6, 6.07) is 15.0. The fraction of sp³-hybridized carbons (Fsp3) is 0.519. The topological polar surface area (TPSA) is 94.1 Å². The van der Waals surface area contributed by atoms with Crippen molar-refractivity contribution in [1.82, 2.24) is 10.6 Å². The SMILES string of the molecule is CC(O)N[C@@H](C)[C@H](O)CNC1CCN(OC(=O)c2ccccc2)c2ccc(CC(C)(C)C)cc21. The van der Waals surface area contributed by atoms with E-state index in [4.69, 9.17) is 4.84 Å². The van der Waals surface area contributed by atoms with E-state index >= 15 is 0 Å². The number of nitrogens with one attached hydrogen (secondary N) is 2. The van der Waals surface area contributed by atoms with E-state index in [9.17, 15) is 15.0 Å². The van der Waals surface area contributed by atoms with Gasteiger partial charge in [-0.3, -0.25) is 5.32 Å². The molecule has 0 spiro atoms. The Bertz CT molecular complexity index is 943. The number of hydroxylamine groups is 1. The maximum atomic E-state index is 12.7. The van der Waals surface area contributed by atoms with Crippen LogP contribution in [0.4, 0.5) is 5.69 Å². The first-order valence-electron chi connectivity index (χ1n) is 12.1. The molecular formula is C27H39N3O4. The highest BCUT2D eigenvalue weighted by Gasteiger charge is 2.29. The molecule has 0 bridgehead atoms. The first-order chi connectivity index (χ1) is 16.0. The summed E-state index contributed by atoms with van der Waals surface area (Å²) in [6.45, 7) is 11.0. The van der Waals surface area contributed by atoms with Gasteiger partial charge in [0.2, 0.25) is 0 Å². The second-order valence-electron chi connectivity index (χ2n) is 10.4. The number of carbonyl (C=O) groups is 1. The predicted octanol–water partition coefficient (Wildman–Crippen LogP) is 3.57. The van der Waals surface area contributed by atoms with Crippen molar-refractivity contribution in [1.29, 1.82) is 0 Å². The van der Waals surface area contributed by atoms with Gasteiger partial charge in [0.15, 0.2) is 0 Å². The summed E-state index contributed by atoms with van der Waals surface area (Å²) >= 11 is 0. The van der Waals surface area contributed by atoms with Gasteiger partial charge >= 0.3 is 5.97 Å². The third-order valence-corrected chi connectivity index (χ3v) is 5.95. The summed E-state index contributed by atoms with van der Waals surface area (Å²) in [5, 5.41) is 28.2. The summed E-state index contributed by atoms with van der Waals surface area (Å²) in [5.74, 6) is -0.384. The van der Waals surface area contributed by atoms with Crippen LogP contribution in [0.25, 0.3) is 0 Å². The molecule has 3 rings (SSSR count). The molecule has 0 amide bonds. The number of fused-ring (bicyclic) bond motifs is 1. The molecule has 1 aliphatic rings. The summed E-state index contributed by atoms with van der Waals surface area (Å²) in [7, 11) is 0. The monoisotopic (exact) mass is 469 g/mol. The molecule has 7 nitrogen and oxygen atoms in total. The zero-order chi connectivity index (χ0) is 24.9. The standard InChI is InChI=1S/C27H39N3O4/c1-18(29-19(2)31)25(32)17-28-23-13-14-30(34-26(33)21-9-7-6-8-10-21)24-12-11-20(15-22(23)24)16-27(3,4)5/h6-12,15,18-19,23,25,28-29,31-32H,13-14,16-17H2,1-5H3/t18-,19?,23?,25+/m0/s1. The molecule has 0 fully saturated rings. The van der Waals surface area contributed by atoms with Crippen molar-refractivity contribution in [3.63, 3.8) is 0 Å². The van der Waals surface area contributed by atoms with Gasteiger partial charge in [0.1, 0.15) is 6.23 Å². The molecule has 0 aliphatic carbocycles. The quantitative estimate of drug-likeness (QED) is 0.417. The molecule has 7 heteroatoms. The number of nitrogens with zero attached hydrogens (tertiary/aromatic N) is 1. The number of anilines is 1. The average molecular weight is 470 g/mol. The van der Waals surface area contributed by atoms with Gasteiger partial charge in [-0.1, -0.05) is 51.1 Å². The van der Waals surface area contributed by atoms with Gasteiger partial charge in [-0.05, 0) is 61.4 Å². The van der Waals surface area contributed by atoms with E-state index in [-0.39, 0.29) is 23.5 Å². The maximum Gasteiger partial charge on any atom is 0.363 e. The van der Waals surface area contributed by atoms with Crippen LogP contribution in [0, 0.1) is 5.41 Å². The largest absolute Gasteiger partial charge is 0.390 e. The number of carbonyl (C=O) groups excluding carboxylic acids is 1. The normalized spacial score (nSPS) is 18.7. The lowest BCUT2D eigenvalue weighted by Crippen LogP contribution is -2.47. The van der Waals surface area contributed by atoms with Crippen LogP contribution < -0.4 is 15.7 Å². The van der Waals surface area contributed by atoms with Crippen LogP contribution in [0.3, 0.4) is 0 Å². The van der Waals surface area contributed by atoms with Crippen molar-refractivity contribution in [2.45, 2.75) is 71.9 Å². The van der Waals surface area contributed by atoms with Gasteiger partial charge in [0.25, 0.3) is 0 Å². The van der Waals surface area contributed by atoms with Gasteiger partial charge in [-0.15, -0.1) is 0 Å². The fourth-order valence-corrected chi connectivity index (χ4v) is 4.32. The van der Waals surface area contributed by atoms with Crippen LogP contribution >= 0.6 is 0 Å². The molecule has 1 aliphatic heterocycles. The van der Waals surface area contributed by atoms with E-state index < -0.39 is 12.3 Å². The summed E-state index contributed by atoms with van der Waals surface area (Å²) in [5.41, 5.74) is 3.78. The molecule has 0 saturated carbocycles. The minimum atomic E-state index is -0.687. The molecule has 34 heavy (non-hydrogen) atoms. The predicted molar refractivity (Wildman–Crippen MR) is 134 cm³/mol. The summed E-state index contributed by atoms with van der Waals surface area (Å²) in [6.07, 6.45) is 0.297. The average Bonchev–Trinajstić information content (AvgIpc) is 2.77. The fourth-order valence-electron chi connectivity index (χ4n) is 4.32. The van der Waals surface area contributed by atoms with E-state index in [1.807, 2.05) is 31.2 Å². The van der Waals surface area contributed by atoms with Crippen molar-refractivity contribution < 1.29 is 19.8 Å². The Balaban J connectivity index is 1.80. The number of benzene rings is 2. The Hall–Kier alpha value is -2.45. The second kappa shape index (κ2) is 11.3. The molecule has 0 radical (unpaired) electrons. The van der Waals surface area contributed by atoms with Crippen LogP contribution in [-0.4, -0.2) is 47.6 Å². The molecule has 4 atom stereocenters. The minimum Gasteiger partial charge on any atom is -0.390 e. The Morgan fingerprint density at radius 1 is 1.15 bits per heavy atom. The van der Waals surface area contributed by atoms with Gasteiger partial charge in [-0.25, -0.2) is 9.86 Å². The highest BCUT2D eigenvalue weighted by molar-refractivity contribution is 5.90.